The number of hydrogen-bond donors (Lipinski definition) is 0. The standard InChI is InChI=1S/C8H11BP/c1-10(2,9)8-6-4-3-5-7-8/h3-7H,1-2H3/q+1. The number of hydrogen-bond acceptors (Lipinski definition) is 0. The van der Waals surface area contributed by atoms with Crippen LogP contribution < -0.4 is 5.30 Å². The van der Waals surface area contributed by atoms with Gasteiger partial charge in [0.1, 0.15) is 0 Å². The van der Waals surface area contributed by atoms with Gasteiger partial charge in [-0.1, -0.05) is 18.2 Å². The maximum absolute atomic E-state index is 5.97. The van der Waals surface area contributed by atoms with Gasteiger partial charge in [-0.15, -0.1) is 0 Å². The number of benzene rings is 1. The minimum Gasteiger partial charge on any atom is -0.0620 e. The van der Waals surface area contributed by atoms with Crippen molar-refractivity contribution in [3.05, 3.63) is 30.3 Å². The summed E-state index contributed by atoms with van der Waals surface area (Å²) in [5.74, 6) is 0. The molecule has 1 aromatic rings. The highest BCUT2D eigenvalue weighted by Gasteiger charge is 2.19. The zero-order chi connectivity index (χ0) is 7.61. The predicted octanol–water partition coefficient (Wildman–Crippen LogP) is 1.67. The van der Waals surface area contributed by atoms with Crippen LogP contribution in [0.1, 0.15) is 0 Å². The van der Waals surface area contributed by atoms with Crippen LogP contribution in [-0.4, -0.2) is 20.9 Å². The molecule has 0 atom stereocenters. The predicted molar refractivity (Wildman–Crippen MR) is 50.6 cm³/mol. The Morgan fingerprint density at radius 3 is 1.90 bits per heavy atom. The van der Waals surface area contributed by atoms with Crippen LogP contribution in [0.15, 0.2) is 30.3 Å². The molecule has 0 aliphatic heterocycles. The molecule has 0 bridgehead atoms. The summed E-state index contributed by atoms with van der Waals surface area (Å²) in [6.07, 6.45) is 0. The second-order valence-electron chi connectivity index (χ2n) is 2.88. The van der Waals surface area contributed by atoms with Gasteiger partial charge in [0, 0.05) is 13.3 Å². The fraction of sp³-hybridized carbons (Fsp3) is 0.250. The lowest BCUT2D eigenvalue weighted by Gasteiger charge is -2.10. The Balaban J connectivity index is 2.97. The van der Waals surface area contributed by atoms with Gasteiger partial charge >= 0.3 is 7.57 Å². The molecule has 50 valence electrons. The molecule has 0 fully saturated rings. The normalized spacial score (nSPS) is 11.4. The maximum Gasteiger partial charge on any atom is 0.370 e. The van der Waals surface area contributed by atoms with E-state index in [9.17, 15) is 0 Å². The van der Waals surface area contributed by atoms with E-state index in [1.54, 1.807) is 0 Å². The summed E-state index contributed by atoms with van der Waals surface area (Å²) in [6.45, 7) is 4.23. The fourth-order valence-corrected chi connectivity index (χ4v) is 1.75. The summed E-state index contributed by atoms with van der Waals surface area (Å²) in [5.41, 5.74) is 0. The van der Waals surface area contributed by atoms with Crippen molar-refractivity contribution in [2.75, 3.05) is 13.3 Å². The van der Waals surface area contributed by atoms with Crippen molar-refractivity contribution in [3.63, 3.8) is 0 Å². The first-order chi connectivity index (χ1) is 4.61. The van der Waals surface area contributed by atoms with E-state index in [0.29, 0.717) is 0 Å². The molecule has 0 nitrogen and oxygen atoms in total. The minimum atomic E-state index is -1.27. The Labute approximate surface area is 64.4 Å². The summed E-state index contributed by atoms with van der Waals surface area (Å²) < 4.78 is 0. The molecule has 0 aliphatic rings. The van der Waals surface area contributed by atoms with Crippen molar-refractivity contribution in [3.8, 4) is 0 Å². The van der Waals surface area contributed by atoms with Crippen LogP contribution in [0.5, 0.6) is 0 Å². The largest absolute Gasteiger partial charge is 0.370 e. The van der Waals surface area contributed by atoms with E-state index in [-0.39, 0.29) is 0 Å². The summed E-state index contributed by atoms with van der Waals surface area (Å²) in [6, 6.07) is 10.3. The monoisotopic (exact) mass is 149 g/mol. The Morgan fingerprint density at radius 2 is 1.60 bits per heavy atom. The molecule has 0 amide bonds. The number of rotatable bonds is 1. The maximum atomic E-state index is 5.97. The van der Waals surface area contributed by atoms with Crippen LogP contribution in [-0.2, 0) is 0 Å². The van der Waals surface area contributed by atoms with E-state index in [4.69, 9.17) is 7.57 Å². The van der Waals surface area contributed by atoms with Crippen LogP contribution in [0.2, 0.25) is 0 Å². The lowest BCUT2D eigenvalue weighted by Crippen LogP contribution is -2.07. The average molecular weight is 149 g/mol. The van der Waals surface area contributed by atoms with Crippen molar-refractivity contribution in [1.29, 1.82) is 0 Å². The SMILES string of the molecule is [B][P+](C)(C)c1ccccc1. The van der Waals surface area contributed by atoms with Crippen LogP contribution in [0.4, 0.5) is 0 Å². The van der Waals surface area contributed by atoms with E-state index < -0.39 is 7.14 Å². The Kier molecular flexibility index (Phi) is 2.16. The van der Waals surface area contributed by atoms with Crippen molar-refractivity contribution >= 4 is 20.0 Å². The highest BCUT2D eigenvalue weighted by atomic mass is 31.2. The Morgan fingerprint density at radius 1 is 1.10 bits per heavy atom. The minimum absolute atomic E-state index is 1.27. The summed E-state index contributed by atoms with van der Waals surface area (Å²) >= 11 is 0. The second-order valence-corrected chi connectivity index (χ2v) is 6.47. The van der Waals surface area contributed by atoms with Gasteiger partial charge in [-0.3, -0.25) is 0 Å². The van der Waals surface area contributed by atoms with Crippen LogP contribution >= 0.6 is 7.14 Å². The first-order valence-electron chi connectivity index (χ1n) is 3.29. The van der Waals surface area contributed by atoms with E-state index in [0.717, 1.165) is 0 Å². The lowest BCUT2D eigenvalue weighted by atomic mass is 10.4. The molecule has 1 aromatic carbocycles. The van der Waals surface area contributed by atoms with Crippen LogP contribution in [0, 0.1) is 0 Å². The third-order valence-electron chi connectivity index (χ3n) is 1.42. The molecule has 0 saturated carbocycles. The second kappa shape index (κ2) is 2.76. The van der Waals surface area contributed by atoms with Gasteiger partial charge in [0.15, 0.2) is 0 Å². The van der Waals surface area contributed by atoms with Gasteiger partial charge in [0.25, 0.3) is 0 Å². The van der Waals surface area contributed by atoms with Gasteiger partial charge in [-0.25, -0.2) is 0 Å². The van der Waals surface area contributed by atoms with Crippen molar-refractivity contribution < 1.29 is 0 Å². The molecule has 2 radical (unpaired) electrons. The van der Waals surface area contributed by atoms with Crippen molar-refractivity contribution in [1.82, 2.24) is 0 Å². The molecule has 0 heterocycles. The average Bonchev–Trinajstić information content (AvgIpc) is 1.88. The molecular weight excluding hydrogens is 138 g/mol. The zero-order valence-corrected chi connectivity index (χ0v) is 7.31. The third kappa shape index (κ3) is 1.85. The molecule has 2 heteroatoms. The Bertz CT molecular complexity index is 200. The summed E-state index contributed by atoms with van der Waals surface area (Å²) in [7, 11) is 4.70. The van der Waals surface area contributed by atoms with Crippen molar-refractivity contribution in [2.45, 2.75) is 0 Å². The van der Waals surface area contributed by atoms with Gasteiger partial charge in [-0.2, -0.15) is 0 Å². The molecule has 0 spiro atoms. The van der Waals surface area contributed by atoms with E-state index in [1.807, 2.05) is 18.2 Å². The molecule has 0 unspecified atom stereocenters. The molecule has 0 saturated heterocycles. The first-order valence-corrected chi connectivity index (χ1v) is 6.04. The van der Waals surface area contributed by atoms with E-state index in [1.165, 1.54) is 5.30 Å². The molecule has 0 aromatic heterocycles. The fourth-order valence-electron chi connectivity index (χ4n) is 0.812. The third-order valence-corrected chi connectivity index (χ3v) is 3.05. The van der Waals surface area contributed by atoms with Crippen LogP contribution in [0.3, 0.4) is 0 Å². The van der Waals surface area contributed by atoms with Crippen LogP contribution in [0.25, 0.3) is 0 Å². The van der Waals surface area contributed by atoms with Gasteiger partial charge in [0.05, 0.1) is 5.30 Å². The quantitative estimate of drug-likeness (QED) is 0.420. The molecular formula is C8H11BP+. The Hall–Kier alpha value is -0.285. The molecule has 10 heavy (non-hydrogen) atoms. The summed E-state index contributed by atoms with van der Waals surface area (Å²) in [4.78, 5) is 0. The lowest BCUT2D eigenvalue weighted by molar-refractivity contribution is 1.77. The van der Waals surface area contributed by atoms with Gasteiger partial charge in [-0.05, 0) is 19.3 Å². The topological polar surface area (TPSA) is 0 Å². The van der Waals surface area contributed by atoms with E-state index >= 15 is 0 Å². The molecule has 1 rings (SSSR count). The highest BCUT2D eigenvalue weighted by Crippen LogP contribution is 2.43. The van der Waals surface area contributed by atoms with Gasteiger partial charge < -0.3 is 0 Å². The summed E-state index contributed by atoms with van der Waals surface area (Å²) in [5, 5.41) is 1.29. The first kappa shape index (κ1) is 7.82. The molecule has 0 N–H and O–H groups in total. The van der Waals surface area contributed by atoms with Gasteiger partial charge in [0.2, 0.25) is 0 Å². The van der Waals surface area contributed by atoms with E-state index in [2.05, 4.69) is 25.5 Å². The highest BCUT2D eigenvalue weighted by molar-refractivity contribution is 8.02. The molecule has 0 aliphatic carbocycles. The smallest absolute Gasteiger partial charge is 0.0620 e. The zero-order valence-electron chi connectivity index (χ0n) is 6.41. The van der Waals surface area contributed by atoms with Crippen molar-refractivity contribution in [2.24, 2.45) is 0 Å².